The molecule has 2 nitrogen and oxygen atoms in total. The average Bonchev–Trinajstić information content (AvgIpc) is 2.62. The summed E-state index contributed by atoms with van der Waals surface area (Å²) in [7, 11) is 0. The predicted molar refractivity (Wildman–Crippen MR) is 111 cm³/mol. The van der Waals surface area contributed by atoms with Crippen molar-refractivity contribution in [2.75, 3.05) is 0 Å². The highest BCUT2D eigenvalue weighted by molar-refractivity contribution is 6.35. The first-order valence-electron chi connectivity index (χ1n) is 7.98. The molecule has 3 aromatic rings. The topological polar surface area (TPSA) is 21.6 Å². The Labute approximate surface area is 168 Å². The van der Waals surface area contributed by atoms with Gasteiger partial charge >= 0.3 is 0 Å². The zero-order valence-corrected chi connectivity index (χ0v) is 16.3. The summed E-state index contributed by atoms with van der Waals surface area (Å²) in [4.78, 5) is 4.45. The summed E-state index contributed by atoms with van der Waals surface area (Å²) in [5, 5.41) is 1.67. The Hall–Kier alpha value is -2.00. The van der Waals surface area contributed by atoms with Gasteiger partial charge in [-0.25, -0.2) is 0 Å². The fraction of sp³-hybridized carbons (Fsp3) is 0.0952. The zero-order chi connectivity index (χ0) is 18.5. The summed E-state index contributed by atoms with van der Waals surface area (Å²) < 4.78 is 5.77. The molecule has 0 radical (unpaired) electrons. The van der Waals surface area contributed by atoms with E-state index >= 15 is 0 Å². The molecule has 0 saturated carbocycles. The molecule has 0 atom stereocenters. The molecule has 3 rings (SSSR count). The van der Waals surface area contributed by atoms with E-state index in [1.807, 2.05) is 55.5 Å². The van der Waals surface area contributed by atoms with Crippen molar-refractivity contribution in [3.05, 3.63) is 92.4 Å². The molecule has 132 valence electrons. The summed E-state index contributed by atoms with van der Waals surface area (Å²) in [6.07, 6.45) is 1.77. The molecule has 0 heterocycles. The minimum Gasteiger partial charge on any atom is -0.487 e. The molecule has 0 fully saturated rings. The smallest absolute Gasteiger partial charge is 0.138 e. The van der Waals surface area contributed by atoms with Crippen LogP contribution in [0.15, 0.2) is 65.7 Å². The second kappa shape index (κ2) is 8.59. The summed E-state index contributed by atoms with van der Waals surface area (Å²) in [6, 6.07) is 18.8. The number of aryl methyl sites for hydroxylation is 1. The van der Waals surface area contributed by atoms with E-state index in [1.54, 1.807) is 18.3 Å². The van der Waals surface area contributed by atoms with Gasteiger partial charge < -0.3 is 4.74 Å². The number of hydrogen-bond acceptors (Lipinski definition) is 2. The molecule has 26 heavy (non-hydrogen) atoms. The lowest BCUT2D eigenvalue weighted by atomic mass is 10.2. The van der Waals surface area contributed by atoms with Crippen LogP contribution in [0.5, 0.6) is 5.75 Å². The molecular formula is C21H16Cl3NO. The Bertz CT molecular complexity index is 936. The summed E-state index contributed by atoms with van der Waals surface area (Å²) in [5.41, 5.74) is 3.84. The predicted octanol–water partition coefficient (Wildman–Crippen LogP) is 7.28. The van der Waals surface area contributed by atoms with Crippen molar-refractivity contribution in [3.8, 4) is 5.75 Å². The molecule has 0 unspecified atom stereocenters. The fourth-order valence-corrected chi connectivity index (χ4v) is 3.00. The van der Waals surface area contributed by atoms with E-state index in [0.29, 0.717) is 27.4 Å². The third-order valence-corrected chi connectivity index (χ3v) is 4.63. The van der Waals surface area contributed by atoms with Crippen LogP contribution < -0.4 is 4.74 Å². The second-order valence-electron chi connectivity index (χ2n) is 5.81. The highest BCUT2D eigenvalue weighted by atomic mass is 35.5. The first-order valence-corrected chi connectivity index (χ1v) is 9.12. The summed E-state index contributed by atoms with van der Waals surface area (Å²) in [6.45, 7) is 2.36. The number of benzene rings is 3. The molecule has 3 aromatic carbocycles. The first-order chi connectivity index (χ1) is 12.5. The van der Waals surface area contributed by atoms with Crippen molar-refractivity contribution in [1.29, 1.82) is 0 Å². The van der Waals surface area contributed by atoms with Crippen molar-refractivity contribution >= 4 is 46.7 Å². The van der Waals surface area contributed by atoms with E-state index in [2.05, 4.69) is 4.99 Å². The molecule has 0 aliphatic rings. The second-order valence-corrected chi connectivity index (χ2v) is 7.06. The number of rotatable bonds is 5. The van der Waals surface area contributed by atoms with Gasteiger partial charge in [0, 0.05) is 21.8 Å². The largest absolute Gasteiger partial charge is 0.487 e. The zero-order valence-electron chi connectivity index (χ0n) is 14.0. The first kappa shape index (κ1) is 18.8. The van der Waals surface area contributed by atoms with Gasteiger partial charge in [0.2, 0.25) is 0 Å². The van der Waals surface area contributed by atoms with Crippen LogP contribution in [0.2, 0.25) is 15.1 Å². The Morgan fingerprint density at radius 1 is 0.885 bits per heavy atom. The molecule has 0 spiro atoms. The van der Waals surface area contributed by atoms with Crippen molar-refractivity contribution in [1.82, 2.24) is 0 Å². The van der Waals surface area contributed by atoms with E-state index < -0.39 is 0 Å². The number of aliphatic imine (C=N–C) groups is 1. The molecule has 0 N–H and O–H groups in total. The number of ether oxygens (including phenoxy) is 1. The quantitative estimate of drug-likeness (QED) is 0.409. The van der Waals surface area contributed by atoms with Gasteiger partial charge in [0.15, 0.2) is 0 Å². The third kappa shape index (κ3) is 5.01. The lowest BCUT2D eigenvalue weighted by Gasteiger charge is -2.10. The lowest BCUT2D eigenvalue weighted by Crippen LogP contribution is -1.97. The summed E-state index contributed by atoms with van der Waals surface area (Å²) in [5.74, 6) is 0.588. The molecule has 0 amide bonds. The minimum absolute atomic E-state index is 0.312. The number of hydrogen-bond donors (Lipinski definition) is 0. The minimum atomic E-state index is 0.312. The van der Waals surface area contributed by atoms with Crippen LogP contribution in [-0.2, 0) is 6.61 Å². The van der Waals surface area contributed by atoms with Gasteiger partial charge in [0.1, 0.15) is 12.4 Å². The van der Waals surface area contributed by atoms with Gasteiger partial charge in [0.25, 0.3) is 0 Å². The van der Waals surface area contributed by atoms with Crippen molar-refractivity contribution in [2.24, 2.45) is 4.99 Å². The van der Waals surface area contributed by atoms with Gasteiger partial charge in [-0.05, 0) is 55.0 Å². The van der Waals surface area contributed by atoms with Crippen LogP contribution in [0, 0.1) is 6.92 Å². The van der Waals surface area contributed by atoms with Crippen LogP contribution in [0.25, 0.3) is 0 Å². The SMILES string of the molecule is Cc1ccc(N=Cc2ccc(OCc3ccc(Cl)cc3Cl)c(Cl)c2)cc1. The fourth-order valence-electron chi connectivity index (χ4n) is 2.29. The van der Waals surface area contributed by atoms with Crippen LogP contribution in [0.1, 0.15) is 16.7 Å². The molecule has 0 aliphatic carbocycles. The van der Waals surface area contributed by atoms with E-state index in [9.17, 15) is 0 Å². The molecular weight excluding hydrogens is 389 g/mol. The van der Waals surface area contributed by atoms with Gasteiger partial charge in [-0.1, -0.05) is 58.6 Å². The van der Waals surface area contributed by atoms with Crippen molar-refractivity contribution < 1.29 is 4.74 Å². The van der Waals surface area contributed by atoms with Crippen molar-refractivity contribution in [2.45, 2.75) is 13.5 Å². The van der Waals surface area contributed by atoms with E-state index in [4.69, 9.17) is 39.5 Å². The molecule has 0 aliphatic heterocycles. The van der Waals surface area contributed by atoms with Crippen LogP contribution >= 0.6 is 34.8 Å². The summed E-state index contributed by atoms with van der Waals surface area (Å²) >= 11 is 18.4. The van der Waals surface area contributed by atoms with Gasteiger partial charge in [-0.15, -0.1) is 0 Å². The number of halogens is 3. The van der Waals surface area contributed by atoms with E-state index in [-0.39, 0.29) is 0 Å². The standard InChI is InChI=1S/C21H16Cl3NO/c1-14-2-7-18(8-3-14)25-12-15-4-9-21(20(24)10-15)26-13-16-5-6-17(22)11-19(16)23/h2-12H,13H2,1H3. The maximum Gasteiger partial charge on any atom is 0.138 e. The third-order valence-electron chi connectivity index (χ3n) is 3.75. The Morgan fingerprint density at radius 3 is 2.35 bits per heavy atom. The van der Waals surface area contributed by atoms with Gasteiger partial charge in [-0.2, -0.15) is 0 Å². The molecule has 5 heteroatoms. The Kier molecular flexibility index (Phi) is 6.20. The molecule has 0 bridgehead atoms. The normalized spacial score (nSPS) is 11.1. The maximum absolute atomic E-state index is 6.32. The Balaban J connectivity index is 1.68. The monoisotopic (exact) mass is 403 g/mol. The highest BCUT2D eigenvalue weighted by Gasteiger charge is 2.06. The highest BCUT2D eigenvalue weighted by Crippen LogP contribution is 2.28. The number of nitrogens with zero attached hydrogens (tertiary/aromatic N) is 1. The average molecular weight is 405 g/mol. The van der Waals surface area contributed by atoms with E-state index in [0.717, 1.165) is 16.8 Å². The van der Waals surface area contributed by atoms with Crippen LogP contribution in [0.4, 0.5) is 5.69 Å². The van der Waals surface area contributed by atoms with Crippen LogP contribution in [-0.4, -0.2) is 6.21 Å². The van der Waals surface area contributed by atoms with E-state index in [1.165, 1.54) is 5.56 Å². The van der Waals surface area contributed by atoms with Crippen molar-refractivity contribution in [3.63, 3.8) is 0 Å². The Morgan fingerprint density at radius 2 is 1.65 bits per heavy atom. The van der Waals surface area contributed by atoms with Gasteiger partial charge in [-0.3, -0.25) is 4.99 Å². The van der Waals surface area contributed by atoms with Gasteiger partial charge in [0.05, 0.1) is 10.7 Å². The lowest BCUT2D eigenvalue weighted by molar-refractivity contribution is 0.306. The van der Waals surface area contributed by atoms with Crippen LogP contribution in [0.3, 0.4) is 0 Å². The molecule has 0 aromatic heterocycles. The molecule has 0 saturated heterocycles. The maximum atomic E-state index is 6.32.